The van der Waals surface area contributed by atoms with Crippen LogP contribution in [0.25, 0.3) is 0 Å². The minimum atomic E-state index is 0. The highest BCUT2D eigenvalue weighted by atomic mass is 79.9. The molecule has 0 aromatic heterocycles. The Labute approximate surface area is 163 Å². The third kappa shape index (κ3) is 18.4. The Morgan fingerprint density at radius 2 is 0.875 bits per heavy atom. The zero-order valence-corrected chi connectivity index (χ0v) is 18.6. The molecule has 24 heavy (non-hydrogen) atoms. The van der Waals surface area contributed by atoms with E-state index in [1.807, 2.05) is 21.1 Å². The minimum absolute atomic E-state index is 0. The second-order valence-corrected chi connectivity index (χ2v) is 8.11. The van der Waals surface area contributed by atoms with Gasteiger partial charge < -0.3 is 17.0 Å². The fourth-order valence-electron chi connectivity index (χ4n) is 2.98. The highest BCUT2D eigenvalue weighted by Crippen LogP contribution is 2.14. The number of amides is 1. The van der Waals surface area contributed by atoms with Crippen LogP contribution in [0.3, 0.4) is 0 Å². The molecule has 0 aliphatic carbocycles. The van der Waals surface area contributed by atoms with Crippen LogP contribution in [0.15, 0.2) is 0 Å². The number of rotatable bonds is 16. The third-order valence-corrected chi connectivity index (χ3v) is 4.74. The van der Waals surface area contributed by atoms with Gasteiger partial charge in [-0.05, 0) is 6.42 Å². The molecule has 1 amide bonds. The lowest BCUT2D eigenvalue weighted by Crippen LogP contribution is -3.00. The summed E-state index contributed by atoms with van der Waals surface area (Å²) in [6, 6.07) is 0. The number of hydrogen-bond donors (Lipinski definition) is 0. The smallest absolute Gasteiger partial charge is 0.313 e. The van der Waals surface area contributed by atoms with Gasteiger partial charge in [0.25, 0.3) is 0 Å². The van der Waals surface area contributed by atoms with Crippen molar-refractivity contribution in [1.29, 1.82) is 0 Å². The van der Waals surface area contributed by atoms with Crippen molar-refractivity contribution in [1.82, 2.24) is 0 Å². The van der Waals surface area contributed by atoms with Gasteiger partial charge >= 0.3 is 5.91 Å². The predicted octanol–water partition coefficient (Wildman–Crippen LogP) is 3.48. The Morgan fingerprint density at radius 3 is 1.17 bits per heavy atom. The van der Waals surface area contributed by atoms with Crippen LogP contribution in [-0.4, -0.2) is 31.5 Å². The molecule has 0 atom stereocenters. The molecule has 0 aromatic rings. The summed E-state index contributed by atoms with van der Waals surface area (Å²) in [4.78, 5) is 11.8. The van der Waals surface area contributed by atoms with Gasteiger partial charge in [0.15, 0.2) is 0 Å². The molecule has 146 valence electrons. The summed E-state index contributed by atoms with van der Waals surface area (Å²) in [7, 11) is 5.90. The van der Waals surface area contributed by atoms with E-state index in [1.165, 1.54) is 89.9 Å². The van der Waals surface area contributed by atoms with E-state index in [4.69, 9.17) is 0 Å². The van der Waals surface area contributed by atoms with Crippen molar-refractivity contribution in [2.45, 2.75) is 110 Å². The van der Waals surface area contributed by atoms with Crippen molar-refractivity contribution in [3.05, 3.63) is 0 Å². The van der Waals surface area contributed by atoms with E-state index in [0.29, 0.717) is 10.4 Å². The summed E-state index contributed by atoms with van der Waals surface area (Å²) >= 11 is 0. The number of nitrogens with zero attached hydrogens (tertiary/aromatic N) is 1. The fourth-order valence-corrected chi connectivity index (χ4v) is 2.98. The second kappa shape index (κ2) is 17.9. The van der Waals surface area contributed by atoms with E-state index in [2.05, 4.69) is 6.92 Å². The molecule has 0 aromatic carbocycles. The first-order valence-corrected chi connectivity index (χ1v) is 10.3. The van der Waals surface area contributed by atoms with E-state index in [0.717, 1.165) is 12.8 Å². The van der Waals surface area contributed by atoms with Crippen molar-refractivity contribution in [3.63, 3.8) is 0 Å². The highest BCUT2D eigenvalue weighted by molar-refractivity contribution is 5.68. The van der Waals surface area contributed by atoms with Gasteiger partial charge in [0.2, 0.25) is 0 Å². The molecule has 0 aliphatic rings. The average Bonchev–Trinajstić information content (AvgIpc) is 2.50. The number of halogens is 1. The molecule has 0 fully saturated rings. The summed E-state index contributed by atoms with van der Waals surface area (Å²) in [5, 5.41) is 0. The Balaban J connectivity index is 0. The van der Waals surface area contributed by atoms with Crippen molar-refractivity contribution in [2.24, 2.45) is 0 Å². The van der Waals surface area contributed by atoms with Gasteiger partial charge in [0.05, 0.1) is 27.6 Å². The molecule has 0 saturated carbocycles. The summed E-state index contributed by atoms with van der Waals surface area (Å²) < 4.78 is 0.471. The predicted molar refractivity (Wildman–Crippen MR) is 103 cm³/mol. The molecule has 0 N–H and O–H groups in total. The molecule has 3 heteroatoms. The first-order valence-electron chi connectivity index (χ1n) is 10.3. The maximum absolute atomic E-state index is 11.8. The zero-order chi connectivity index (χ0) is 17.4. The van der Waals surface area contributed by atoms with Crippen molar-refractivity contribution < 1.29 is 26.3 Å². The van der Waals surface area contributed by atoms with Crippen LogP contribution in [0.4, 0.5) is 0 Å². The molecule has 0 heterocycles. The van der Waals surface area contributed by atoms with Crippen molar-refractivity contribution in [2.75, 3.05) is 21.1 Å². The normalized spacial score (nSPS) is 11.3. The molecule has 0 rings (SSSR count). The zero-order valence-electron chi connectivity index (χ0n) is 17.0. The number of unbranched alkanes of at least 4 members (excludes halogenated alkanes) is 14. The lowest BCUT2D eigenvalue weighted by Gasteiger charge is -2.20. The second-order valence-electron chi connectivity index (χ2n) is 8.11. The largest absolute Gasteiger partial charge is 1.00 e. The van der Waals surface area contributed by atoms with Gasteiger partial charge in [0.1, 0.15) is 0 Å². The molecular formula is C21H44BrNO. The van der Waals surface area contributed by atoms with Crippen molar-refractivity contribution >= 4 is 5.91 Å². The molecule has 0 unspecified atom stereocenters. The van der Waals surface area contributed by atoms with Crippen LogP contribution >= 0.6 is 0 Å². The lowest BCUT2D eigenvalue weighted by molar-refractivity contribution is -0.792. The summed E-state index contributed by atoms with van der Waals surface area (Å²) in [5.41, 5.74) is 0. The van der Waals surface area contributed by atoms with Crippen LogP contribution < -0.4 is 17.0 Å². The van der Waals surface area contributed by atoms with Gasteiger partial charge in [-0.1, -0.05) is 96.8 Å². The molecular weight excluding hydrogens is 362 g/mol. The maximum atomic E-state index is 11.8. The third-order valence-electron chi connectivity index (χ3n) is 4.74. The van der Waals surface area contributed by atoms with E-state index >= 15 is 0 Å². The monoisotopic (exact) mass is 405 g/mol. The van der Waals surface area contributed by atoms with Gasteiger partial charge in [0, 0.05) is 0 Å². The standard InChI is InChI=1S/C21H44NO.BrH/c1-5-6-7-8-9-10-11-12-13-14-15-16-17-18-19-20-21(23)22(2,3)4;/h5-20H2,1-4H3;1H/q+1;/p-1. The Kier molecular flexibility index (Phi) is 19.7. The van der Waals surface area contributed by atoms with E-state index in [1.54, 1.807) is 0 Å². The Bertz CT molecular complexity index is 274. The maximum Gasteiger partial charge on any atom is 0.313 e. The highest BCUT2D eigenvalue weighted by Gasteiger charge is 2.18. The number of hydrogen-bond acceptors (Lipinski definition) is 1. The van der Waals surface area contributed by atoms with Crippen LogP contribution in [-0.2, 0) is 4.79 Å². The van der Waals surface area contributed by atoms with Crippen LogP contribution in [0.2, 0.25) is 0 Å². The lowest BCUT2D eigenvalue weighted by atomic mass is 10.0. The van der Waals surface area contributed by atoms with Crippen LogP contribution in [0.5, 0.6) is 0 Å². The number of quaternary nitrogens is 1. The summed E-state index contributed by atoms with van der Waals surface area (Å²) in [5.74, 6) is 0.361. The quantitative estimate of drug-likeness (QED) is 0.283. The molecule has 0 saturated heterocycles. The number of carbonyl (C=O) groups excluding carboxylic acids is 1. The molecule has 2 nitrogen and oxygen atoms in total. The van der Waals surface area contributed by atoms with E-state index < -0.39 is 0 Å². The van der Waals surface area contributed by atoms with E-state index in [9.17, 15) is 4.79 Å². The summed E-state index contributed by atoms with van der Waals surface area (Å²) in [6.07, 6.45) is 21.4. The van der Waals surface area contributed by atoms with Gasteiger partial charge in [-0.15, -0.1) is 0 Å². The summed E-state index contributed by atoms with van der Waals surface area (Å²) in [6.45, 7) is 2.28. The first-order chi connectivity index (χ1) is 11.0. The molecule has 0 radical (unpaired) electrons. The van der Waals surface area contributed by atoms with Crippen LogP contribution in [0.1, 0.15) is 110 Å². The average molecular weight is 406 g/mol. The van der Waals surface area contributed by atoms with Crippen molar-refractivity contribution in [3.8, 4) is 0 Å². The van der Waals surface area contributed by atoms with Gasteiger partial charge in [-0.3, -0.25) is 4.48 Å². The van der Waals surface area contributed by atoms with Crippen LogP contribution in [0, 0.1) is 0 Å². The Morgan fingerprint density at radius 1 is 0.583 bits per heavy atom. The van der Waals surface area contributed by atoms with Gasteiger partial charge in [-0.25, -0.2) is 4.79 Å². The fraction of sp³-hybridized carbons (Fsp3) is 0.952. The first kappa shape index (κ1) is 26.3. The molecule has 0 bridgehead atoms. The minimum Gasteiger partial charge on any atom is -1.00 e. The SMILES string of the molecule is CCCCCCCCCCCCCCCCCC(=O)[N+](C)(C)C.[Br-]. The van der Waals surface area contributed by atoms with Gasteiger partial charge in [-0.2, -0.15) is 0 Å². The Hall–Kier alpha value is 0.110. The molecule has 0 spiro atoms. The molecule has 0 aliphatic heterocycles. The topological polar surface area (TPSA) is 17.1 Å². The number of carbonyl (C=O) groups is 1. The van der Waals surface area contributed by atoms with E-state index in [-0.39, 0.29) is 17.0 Å².